The number of rotatable bonds is 3. The van der Waals surface area contributed by atoms with Crippen LogP contribution in [0.15, 0.2) is 16.8 Å². The molecule has 1 aliphatic rings. The summed E-state index contributed by atoms with van der Waals surface area (Å²) in [6.07, 6.45) is 3.93. The van der Waals surface area contributed by atoms with Crippen molar-refractivity contribution >= 4 is 5.84 Å². The molecule has 0 saturated carbocycles. The minimum atomic E-state index is 0.504. The first-order valence-electron chi connectivity index (χ1n) is 4.66. The van der Waals surface area contributed by atoms with Gasteiger partial charge in [0.2, 0.25) is 0 Å². The van der Waals surface area contributed by atoms with Crippen molar-refractivity contribution in [3.8, 4) is 0 Å². The quantitative estimate of drug-likeness (QED) is 0.423. The molecule has 1 rings (SSSR count). The van der Waals surface area contributed by atoms with E-state index in [1.807, 2.05) is 6.92 Å². The van der Waals surface area contributed by atoms with Crippen molar-refractivity contribution in [2.75, 3.05) is 13.1 Å². The molecule has 0 amide bonds. The highest BCUT2D eigenvalue weighted by molar-refractivity contribution is 5.96. The van der Waals surface area contributed by atoms with Gasteiger partial charge in [-0.25, -0.2) is 0 Å². The van der Waals surface area contributed by atoms with Gasteiger partial charge in [0.05, 0.1) is 6.54 Å². The van der Waals surface area contributed by atoms with Gasteiger partial charge in [-0.1, -0.05) is 0 Å². The van der Waals surface area contributed by atoms with E-state index in [4.69, 9.17) is 11.5 Å². The fraction of sp³-hybridized carbons (Fsp3) is 0.667. The number of amidine groups is 1. The van der Waals surface area contributed by atoms with Crippen LogP contribution in [-0.2, 0) is 0 Å². The fourth-order valence-electron chi connectivity index (χ4n) is 1.33. The van der Waals surface area contributed by atoms with Crippen molar-refractivity contribution in [1.29, 1.82) is 0 Å². The molecule has 5 N–H and O–H groups in total. The molecule has 1 atom stereocenters. The predicted octanol–water partition coefficient (Wildman–Crippen LogP) is -0.0419. The molecule has 13 heavy (non-hydrogen) atoms. The van der Waals surface area contributed by atoms with Crippen LogP contribution < -0.4 is 16.8 Å². The number of nitrogens with two attached hydrogens (primary N) is 2. The van der Waals surface area contributed by atoms with Crippen LogP contribution >= 0.6 is 0 Å². The summed E-state index contributed by atoms with van der Waals surface area (Å²) in [5, 5.41) is 3.36. The summed E-state index contributed by atoms with van der Waals surface area (Å²) in [6.45, 7) is 3.73. The van der Waals surface area contributed by atoms with Crippen LogP contribution in [0.5, 0.6) is 0 Å². The van der Waals surface area contributed by atoms with E-state index in [2.05, 4.69) is 10.3 Å². The van der Waals surface area contributed by atoms with E-state index in [0.29, 0.717) is 11.9 Å². The average Bonchev–Trinajstić information content (AvgIpc) is 2.65. The molecule has 0 aromatic carbocycles. The Balaban J connectivity index is 2.37. The first-order chi connectivity index (χ1) is 6.24. The smallest absolute Gasteiger partial charge is 0.122 e. The number of nitrogens with zero attached hydrogens (tertiary/aromatic N) is 1. The normalized spacial score (nSPS) is 25.2. The van der Waals surface area contributed by atoms with Gasteiger partial charge >= 0.3 is 0 Å². The monoisotopic (exact) mass is 182 g/mol. The van der Waals surface area contributed by atoms with E-state index >= 15 is 0 Å². The van der Waals surface area contributed by atoms with Gasteiger partial charge in [-0.15, -0.1) is 0 Å². The molecular weight excluding hydrogens is 164 g/mol. The van der Waals surface area contributed by atoms with Crippen LogP contribution in [0.3, 0.4) is 0 Å². The van der Waals surface area contributed by atoms with Crippen LogP contribution in [0.2, 0.25) is 0 Å². The second-order valence-electron chi connectivity index (χ2n) is 3.37. The summed E-state index contributed by atoms with van der Waals surface area (Å²) >= 11 is 0. The lowest BCUT2D eigenvalue weighted by Gasteiger charge is -2.06. The Morgan fingerprint density at radius 3 is 3.00 bits per heavy atom. The maximum Gasteiger partial charge on any atom is 0.122 e. The highest BCUT2D eigenvalue weighted by Gasteiger charge is 2.12. The standard InChI is InChI=1S/C9H18N4/c1-7(5-10)9(11)13-6-8-3-2-4-12-8/h5,8,12H,2-4,6,10H2,1H3,(H2,11,13)/t8-/m1/s1. The summed E-state index contributed by atoms with van der Waals surface area (Å²) < 4.78 is 0. The second kappa shape index (κ2) is 4.87. The molecule has 0 spiro atoms. The second-order valence-corrected chi connectivity index (χ2v) is 3.37. The molecule has 1 heterocycles. The third-order valence-corrected chi connectivity index (χ3v) is 2.30. The van der Waals surface area contributed by atoms with Crippen molar-refractivity contribution in [3.05, 3.63) is 11.8 Å². The van der Waals surface area contributed by atoms with Gasteiger partial charge in [0.15, 0.2) is 0 Å². The Kier molecular flexibility index (Phi) is 3.76. The molecule has 0 bridgehead atoms. The Labute approximate surface area is 79.1 Å². The largest absolute Gasteiger partial charge is 0.404 e. The molecule has 1 saturated heterocycles. The number of nitrogens with one attached hydrogen (secondary N) is 1. The van der Waals surface area contributed by atoms with Crippen molar-refractivity contribution in [2.45, 2.75) is 25.8 Å². The molecule has 4 nitrogen and oxygen atoms in total. The van der Waals surface area contributed by atoms with Crippen LogP contribution in [-0.4, -0.2) is 25.0 Å². The summed E-state index contributed by atoms with van der Waals surface area (Å²) in [5.74, 6) is 0.552. The van der Waals surface area contributed by atoms with Crippen molar-refractivity contribution in [3.63, 3.8) is 0 Å². The Bertz CT molecular complexity index is 214. The Morgan fingerprint density at radius 1 is 1.69 bits per heavy atom. The summed E-state index contributed by atoms with van der Waals surface area (Å²) in [6, 6.07) is 0.504. The Hall–Kier alpha value is -1.03. The SMILES string of the molecule is CC(=CN)C(N)=NC[C@H]1CCCN1. The lowest BCUT2D eigenvalue weighted by atomic mass is 10.2. The maximum atomic E-state index is 5.68. The highest BCUT2D eigenvalue weighted by atomic mass is 15.0. The van der Waals surface area contributed by atoms with E-state index in [-0.39, 0.29) is 0 Å². The zero-order chi connectivity index (χ0) is 9.68. The van der Waals surface area contributed by atoms with Gasteiger partial charge in [-0.2, -0.15) is 0 Å². The zero-order valence-corrected chi connectivity index (χ0v) is 8.09. The van der Waals surface area contributed by atoms with Crippen LogP contribution in [0.4, 0.5) is 0 Å². The molecule has 0 aliphatic carbocycles. The lowest BCUT2D eigenvalue weighted by Crippen LogP contribution is -2.26. The third kappa shape index (κ3) is 3.06. The number of hydrogen-bond donors (Lipinski definition) is 3. The first kappa shape index (κ1) is 10.1. The molecule has 74 valence electrons. The summed E-state index contributed by atoms with van der Waals surface area (Å²) in [4.78, 5) is 4.26. The van der Waals surface area contributed by atoms with Gasteiger partial charge in [0.1, 0.15) is 5.84 Å². The minimum absolute atomic E-state index is 0.504. The first-order valence-corrected chi connectivity index (χ1v) is 4.66. The molecule has 0 unspecified atom stereocenters. The van der Waals surface area contributed by atoms with Crippen LogP contribution in [0, 0.1) is 0 Å². The lowest BCUT2D eigenvalue weighted by molar-refractivity contribution is 0.617. The molecule has 1 fully saturated rings. The van der Waals surface area contributed by atoms with Crippen molar-refractivity contribution in [2.24, 2.45) is 16.5 Å². The van der Waals surface area contributed by atoms with E-state index in [1.165, 1.54) is 19.0 Å². The zero-order valence-electron chi connectivity index (χ0n) is 8.09. The molecule has 0 aromatic heterocycles. The Morgan fingerprint density at radius 2 is 2.46 bits per heavy atom. The predicted molar refractivity (Wildman–Crippen MR) is 55.5 cm³/mol. The van der Waals surface area contributed by atoms with Gasteiger partial charge in [-0.05, 0) is 26.3 Å². The minimum Gasteiger partial charge on any atom is -0.404 e. The molecule has 0 radical (unpaired) electrons. The van der Waals surface area contributed by atoms with Gasteiger partial charge in [0.25, 0.3) is 0 Å². The van der Waals surface area contributed by atoms with Crippen LogP contribution in [0.1, 0.15) is 19.8 Å². The van der Waals surface area contributed by atoms with Gasteiger partial charge < -0.3 is 16.8 Å². The summed E-state index contributed by atoms with van der Waals surface area (Å²) in [7, 11) is 0. The maximum absolute atomic E-state index is 5.68. The third-order valence-electron chi connectivity index (χ3n) is 2.30. The molecule has 4 heteroatoms. The van der Waals surface area contributed by atoms with Gasteiger partial charge in [0, 0.05) is 17.8 Å². The van der Waals surface area contributed by atoms with E-state index in [0.717, 1.165) is 18.7 Å². The highest BCUT2D eigenvalue weighted by Crippen LogP contribution is 2.05. The van der Waals surface area contributed by atoms with Crippen LogP contribution in [0.25, 0.3) is 0 Å². The fourth-order valence-corrected chi connectivity index (χ4v) is 1.33. The van der Waals surface area contributed by atoms with Crippen molar-refractivity contribution in [1.82, 2.24) is 5.32 Å². The topological polar surface area (TPSA) is 76.4 Å². The van der Waals surface area contributed by atoms with Gasteiger partial charge in [-0.3, -0.25) is 4.99 Å². The molecular formula is C9H18N4. The van der Waals surface area contributed by atoms with E-state index < -0.39 is 0 Å². The molecule has 0 aromatic rings. The average molecular weight is 182 g/mol. The molecule has 1 aliphatic heterocycles. The van der Waals surface area contributed by atoms with E-state index in [1.54, 1.807) is 0 Å². The van der Waals surface area contributed by atoms with E-state index in [9.17, 15) is 0 Å². The number of aliphatic imine (C=N–C) groups is 1. The summed E-state index contributed by atoms with van der Waals surface area (Å²) in [5.41, 5.74) is 11.8. The van der Waals surface area contributed by atoms with Crippen molar-refractivity contribution < 1.29 is 0 Å². The number of hydrogen-bond acceptors (Lipinski definition) is 3.